The normalized spacial score (nSPS) is 26.7. The maximum absolute atomic E-state index is 13.1. The van der Waals surface area contributed by atoms with Crippen molar-refractivity contribution in [3.8, 4) is 0 Å². The van der Waals surface area contributed by atoms with Gasteiger partial charge in [-0.15, -0.1) is 0 Å². The number of allylic oxidation sites excluding steroid dienone is 3. The molecule has 2 heterocycles. The SMILES string of the molecule is C=C(COC(=O)C/C(C)=C/[C@@H](O)[C@H]1O[C@@H]2CC/C(Cl)=C/C/C=C(/COC(C)=O)[C@H](OC(C)=O)CC(=O)OC1C2)C(C)=O. The zero-order chi connectivity index (χ0) is 31.4. The number of carbonyl (C=O) groups is 5. The molecule has 232 valence electrons. The van der Waals surface area contributed by atoms with E-state index in [0.717, 1.165) is 0 Å². The average molecular weight is 611 g/mol. The van der Waals surface area contributed by atoms with E-state index in [9.17, 15) is 29.1 Å². The summed E-state index contributed by atoms with van der Waals surface area (Å²) in [7, 11) is 0. The molecule has 1 N–H and O–H groups in total. The van der Waals surface area contributed by atoms with E-state index >= 15 is 0 Å². The van der Waals surface area contributed by atoms with Crippen molar-refractivity contribution in [1.82, 2.24) is 0 Å². The minimum atomic E-state index is -1.24. The van der Waals surface area contributed by atoms with Gasteiger partial charge >= 0.3 is 23.9 Å². The van der Waals surface area contributed by atoms with E-state index in [2.05, 4.69) is 6.58 Å². The summed E-state index contributed by atoms with van der Waals surface area (Å²) in [4.78, 5) is 59.7. The summed E-state index contributed by atoms with van der Waals surface area (Å²) in [5, 5.41) is 11.6. The molecule has 0 aromatic rings. The number of ketones is 1. The van der Waals surface area contributed by atoms with Crippen LogP contribution in [0.5, 0.6) is 0 Å². The first-order chi connectivity index (χ1) is 19.7. The Kier molecular flexibility index (Phi) is 14.1. The molecule has 1 fully saturated rings. The fraction of sp³-hybridized carbons (Fsp3) is 0.567. The summed E-state index contributed by atoms with van der Waals surface area (Å²) < 4.78 is 27.3. The Morgan fingerprint density at radius 2 is 1.86 bits per heavy atom. The van der Waals surface area contributed by atoms with Gasteiger partial charge < -0.3 is 28.8 Å². The zero-order valence-electron chi connectivity index (χ0n) is 24.4. The molecule has 42 heavy (non-hydrogen) atoms. The summed E-state index contributed by atoms with van der Waals surface area (Å²) in [6.07, 6.45) is 1.49. The van der Waals surface area contributed by atoms with Crippen LogP contribution >= 0.6 is 11.6 Å². The highest BCUT2D eigenvalue weighted by molar-refractivity contribution is 6.29. The molecule has 0 radical (unpaired) electrons. The van der Waals surface area contributed by atoms with Gasteiger partial charge in [-0.25, -0.2) is 0 Å². The number of halogens is 1. The van der Waals surface area contributed by atoms with Crippen molar-refractivity contribution in [2.75, 3.05) is 13.2 Å². The van der Waals surface area contributed by atoms with Crippen LogP contribution in [0.3, 0.4) is 0 Å². The van der Waals surface area contributed by atoms with Crippen LogP contribution in [0, 0.1) is 0 Å². The second-order valence-corrected chi connectivity index (χ2v) is 10.8. The predicted octanol–water partition coefficient (Wildman–Crippen LogP) is 3.56. The number of fused-ring (bicyclic) bond motifs is 2. The molecule has 5 atom stereocenters. The molecular weight excluding hydrogens is 572 g/mol. The molecule has 0 amide bonds. The first-order valence-corrected chi connectivity index (χ1v) is 14.0. The number of Topliss-reactive ketones (excluding diaryl/α,β-unsaturated/α-hetero) is 1. The fourth-order valence-corrected chi connectivity index (χ4v) is 4.58. The van der Waals surface area contributed by atoms with Gasteiger partial charge in [0.15, 0.2) is 5.78 Å². The van der Waals surface area contributed by atoms with Gasteiger partial charge in [0, 0.05) is 36.4 Å². The minimum Gasteiger partial charge on any atom is -0.461 e. The van der Waals surface area contributed by atoms with Gasteiger partial charge in [0.05, 0.1) is 18.9 Å². The van der Waals surface area contributed by atoms with Gasteiger partial charge in [-0.2, -0.15) is 0 Å². The summed E-state index contributed by atoms with van der Waals surface area (Å²) >= 11 is 6.41. The molecule has 2 rings (SSSR count). The molecule has 1 saturated heterocycles. The standard InChI is InChI=1S/C30H39ClO11/c1-17(12-28(36)39-15-18(2)19(3)32)11-25(35)30-27-13-24(41-30)10-9-23(31)8-6-7-22(16-38-20(4)33)26(40-21(5)34)14-29(37)42-27/h7-8,11,24-27,30,35H,2,6,9-10,12-16H2,1,3-5H3/b17-11+,22-7-,23-8-/t24-,25-,26-,27?,30-/m1/s1. The first-order valence-electron chi connectivity index (χ1n) is 13.6. The molecule has 0 aromatic heterocycles. The van der Waals surface area contributed by atoms with Crippen molar-refractivity contribution in [3.63, 3.8) is 0 Å². The molecule has 12 heteroatoms. The molecule has 11 nitrogen and oxygen atoms in total. The van der Waals surface area contributed by atoms with Crippen molar-refractivity contribution in [2.24, 2.45) is 0 Å². The van der Waals surface area contributed by atoms with Crippen molar-refractivity contribution >= 4 is 41.3 Å². The Morgan fingerprint density at radius 3 is 2.50 bits per heavy atom. The van der Waals surface area contributed by atoms with E-state index in [-0.39, 0.29) is 49.9 Å². The molecule has 0 spiro atoms. The topological polar surface area (TPSA) is 152 Å². The number of aliphatic hydroxyl groups excluding tert-OH is 1. The van der Waals surface area contributed by atoms with Crippen LogP contribution in [0.2, 0.25) is 0 Å². The van der Waals surface area contributed by atoms with Crippen molar-refractivity contribution in [2.45, 2.75) is 96.7 Å². The Morgan fingerprint density at radius 1 is 1.14 bits per heavy atom. The van der Waals surface area contributed by atoms with E-state index in [0.29, 0.717) is 35.4 Å². The second kappa shape index (κ2) is 17.0. The van der Waals surface area contributed by atoms with Crippen LogP contribution in [0.15, 0.2) is 46.6 Å². The molecule has 2 bridgehead atoms. The van der Waals surface area contributed by atoms with Gasteiger partial charge in [0.25, 0.3) is 0 Å². The third-order valence-electron chi connectivity index (χ3n) is 6.55. The monoisotopic (exact) mass is 610 g/mol. The molecule has 0 aliphatic carbocycles. The fourth-order valence-electron chi connectivity index (χ4n) is 4.38. The summed E-state index contributed by atoms with van der Waals surface area (Å²) in [5.41, 5.74) is 1.03. The van der Waals surface area contributed by atoms with Crippen LogP contribution in [-0.4, -0.2) is 78.5 Å². The van der Waals surface area contributed by atoms with Crippen LogP contribution < -0.4 is 0 Å². The molecule has 1 unspecified atom stereocenters. The predicted molar refractivity (Wildman–Crippen MR) is 151 cm³/mol. The van der Waals surface area contributed by atoms with Gasteiger partial charge in [0.2, 0.25) is 0 Å². The number of esters is 4. The number of hydrogen-bond acceptors (Lipinski definition) is 11. The Labute approximate surface area is 250 Å². The van der Waals surface area contributed by atoms with Crippen LogP contribution in [0.25, 0.3) is 0 Å². The molecule has 0 saturated carbocycles. The largest absolute Gasteiger partial charge is 0.461 e. The summed E-state index contributed by atoms with van der Waals surface area (Å²) in [5.74, 6) is -2.78. The van der Waals surface area contributed by atoms with Gasteiger partial charge in [-0.1, -0.05) is 42.0 Å². The highest BCUT2D eigenvalue weighted by Gasteiger charge is 2.42. The second-order valence-electron chi connectivity index (χ2n) is 10.3. The van der Waals surface area contributed by atoms with E-state index in [4.69, 9.17) is 35.3 Å². The van der Waals surface area contributed by atoms with Crippen molar-refractivity contribution < 1.29 is 52.8 Å². The molecular formula is C30H39ClO11. The van der Waals surface area contributed by atoms with Crippen LogP contribution in [-0.2, 0) is 47.7 Å². The Hall–Kier alpha value is -3.28. The quantitative estimate of drug-likeness (QED) is 0.167. The molecule has 0 aromatic carbocycles. The van der Waals surface area contributed by atoms with Gasteiger partial charge in [0.1, 0.15) is 37.6 Å². The third kappa shape index (κ3) is 12.3. The van der Waals surface area contributed by atoms with Crippen LogP contribution in [0.4, 0.5) is 0 Å². The maximum atomic E-state index is 13.1. The van der Waals surface area contributed by atoms with Gasteiger partial charge in [-0.05, 0) is 33.1 Å². The third-order valence-corrected chi connectivity index (χ3v) is 6.90. The van der Waals surface area contributed by atoms with Crippen molar-refractivity contribution in [1.29, 1.82) is 0 Å². The average Bonchev–Trinajstić information content (AvgIpc) is 3.28. The lowest BCUT2D eigenvalue weighted by Gasteiger charge is -2.24. The number of carbonyl (C=O) groups excluding carboxylic acids is 5. The smallest absolute Gasteiger partial charge is 0.310 e. The highest BCUT2D eigenvalue weighted by atomic mass is 35.5. The van der Waals surface area contributed by atoms with Gasteiger partial charge in [-0.3, -0.25) is 24.0 Å². The number of ether oxygens (including phenoxy) is 5. The zero-order valence-corrected chi connectivity index (χ0v) is 25.1. The Balaban J connectivity index is 2.22. The lowest BCUT2D eigenvalue weighted by atomic mass is 10.0. The van der Waals surface area contributed by atoms with E-state index in [1.54, 1.807) is 19.1 Å². The summed E-state index contributed by atoms with van der Waals surface area (Å²) in [6, 6.07) is 0. The van der Waals surface area contributed by atoms with E-state index in [1.807, 2.05) is 0 Å². The number of aliphatic hydroxyl groups is 1. The van der Waals surface area contributed by atoms with E-state index in [1.165, 1.54) is 26.8 Å². The maximum Gasteiger partial charge on any atom is 0.310 e. The lowest BCUT2D eigenvalue weighted by molar-refractivity contribution is -0.159. The van der Waals surface area contributed by atoms with Crippen LogP contribution in [0.1, 0.15) is 66.2 Å². The lowest BCUT2D eigenvalue weighted by Crippen LogP contribution is -2.37. The molecule has 2 aliphatic rings. The first kappa shape index (κ1) is 34.9. The Bertz CT molecular complexity index is 1140. The summed E-state index contributed by atoms with van der Waals surface area (Å²) in [6.45, 7) is 8.50. The number of hydrogen-bond donors (Lipinski definition) is 1. The van der Waals surface area contributed by atoms with Crippen molar-refractivity contribution in [3.05, 3.63) is 46.6 Å². The highest BCUT2D eigenvalue weighted by Crippen LogP contribution is 2.32. The van der Waals surface area contributed by atoms with E-state index < -0.39 is 48.3 Å². The minimum absolute atomic E-state index is 0.148. The molecule has 2 aliphatic heterocycles. The number of rotatable bonds is 10.